The maximum atomic E-state index is 12.9. The highest BCUT2D eigenvalue weighted by Crippen LogP contribution is 2.31. The van der Waals surface area contributed by atoms with Gasteiger partial charge in [-0.2, -0.15) is 13.2 Å². The van der Waals surface area contributed by atoms with Gasteiger partial charge in [0.15, 0.2) is 0 Å². The number of amides is 1. The fourth-order valence-corrected chi connectivity index (χ4v) is 3.62. The van der Waals surface area contributed by atoms with Gasteiger partial charge in [-0.3, -0.25) is 4.79 Å². The molecular weight excluding hydrogens is 407 g/mol. The molecule has 1 aliphatic heterocycles. The van der Waals surface area contributed by atoms with E-state index in [1.54, 1.807) is 24.3 Å². The Morgan fingerprint density at radius 2 is 1.81 bits per heavy atom. The minimum absolute atomic E-state index is 0.0823. The summed E-state index contributed by atoms with van der Waals surface area (Å²) in [7, 11) is 0. The number of nitrogens with zero attached hydrogens (tertiary/aromatic N) is 1. The van der Waals surface area contributed by atoms with E-state index in [0.29, 0.717) is 18.0 Å². The van der Waals surface area contributed by atoms with Gasteiger partial charge < -0.3 is 15.4 Å². The number of alkyl halides is 3. The highest BCUT2D eigenvalue weighted by atomic mass is 19.4. The summed E-state index contributed by atoms with van der Waals surface area (Å²) < 4.78 is 43.5. The van der Waals surface area contributed by atoms with Crippen LogP contribution in [-0.4, -0.2) is 24.0 Å². The third kappa shape index (κ3) is 5.03. The molecule has 1 aliphatic rings. The lowest BCUT2D eigenvalue weighted by molar-refractivity contribution is -0.141. The zero-order valence-electron chi connectivity index (χ0n) is 16.4. The van der Waals surface area contributed by atoms with Gasteiger partial charge in [0.1, 0.15) is 17.2 Å². The fraction of sp³-hybridized carbons (Fsp3) is 0.217. The lowest BCUT2D eigenvalue weighted by Gasteiger charge is -2.19. The molecule has 8 heteroatoms. The summed E-state index contributed by atoms with van der Waals surface area (Å²) in [6.07, 6.45) is -3.49. The highest BCUT2D eigenvalue weighted by molar-refractivity contribution is 5.93. The molecule has 4 rings (SSSR count). The molecule has 3 aromatic rings. The van der Waals surface area contributed by atoms with Crippen LogP contribution in [0.1, 0.15) is 17.2 Å². The lowest BCUT2D eigenvalue weighted by atomic mass is 9.88. The summed E-state index contributed by atoms with van der Waals surface area (Å²) >= 11 is 0. The predicted octanol–water partition coefficient (Wildman–Crippen LogP) is 4.83. The van der Waals surface area contributed by atoms with Crippen LogP contribution in [0.3, 0.4) is 0 Å². The second kappa shape index (κ2) is 8.77. The van der Waals surface area contributed by atoms with E-state index in [4.69, 9.17) is 4.74 Å². The fourth-order valence-electron chi connectivity index (χ4n) is 3.62. The molecule has 1 fully saturated rings. The summed E-state index contributed by atoms with van der Waals surface area (Å²) in [5.41, 5.74) is 0.666. The van der Waals surface area contributed by atoms with Crippen molar-refractivity contribution < 1.29 is 22.7 Å². The maximum Gasteiger partial charge on any atom is 0.433 e. The molecule has 0 saturated carbocycles. The Kier molecular flexibility index (Phi) is 5.90. The molecule has 0 aliphatic carbocycles. The number of nitrogens with one attached hydrogen (secondary N) is 2. The van der Waals surface area contributed by atoms with Crippen molar-refractivity contribution in [2.45, 2.75) is 12.1 Å². The molecule has 1 aromatic heterocycles. The quantitative estimate of drug-likeness (QED) is 0.612. The molecule has 2 aromatic carbocycles. The zero-order chi connectivity index (χ0) is 21.8. The van der Waals surface area contributed by atoms with Crippen molar-refractivity contribution in [3.8, 4) is 11.5 Å². The second-order valence-corrected chi connectivity index (χ2v) is 7.28. The third-order valence-electron chi connectivity index (χ3n) is 5.14. The van der Waals surface area contributed by atoms with Crippen LogP contribution >= 0.6 is 0 Å². The van der Waals surface area contributed by atoms with Crippen molar-refractivity contribution in [1.29, 1.82) is 0 Å². The number of rotatable bonds is 5. The molecule has 1 amide bonds. The van der Waals surface area contributed by atoms with E-state index < -0.39 is 11.9 Å². The molecule has 2 heterocycles. The SMILES string of the molecule is O=C(Nc1cccc(Oc2ccc(C(F)(F)F)nc2)c1)[C@@H]1CNC[C@H]1c1ccccc1. The normalized spacial score (nSPS) is 18.5. The highest BCUT2D eigenvalue weighted by Gasteiger charge is 2.34. The molecule has 0 bridgehead atoms. The van der Waals surface area contributed by atoms with Crippen LogP contribution in [0.5, 0.6) is 11.5 Å². The molecule has 0 spiro atoms. The van der Waals surface area contributed by atoms with Crippen LogP contribution in [0.2, 0.25) is 0 Å². The van der Waals surface area contributed by atoms with Crippen LogP contribution in [0.25, 0.3) is 0 Å². The molecule has 2 N–H and O–H groups in total. The summed E-state index contributed by atoms with van der Waals surface area (Å²) in [6.45, 7) is 1.31. The van der Waals surface area contributed by atoms with Gasteiger partial charge in [-0.15, -0.1) is 0 Å². The minimum Gasteiger partial charge on any atom is -0.456 e. The Labute approximate surface area is 177 Å². The molecule has 1 saturated heterocycles. The van der Waals surface area contributed by atoms with Crippen LogP contribution in [0.4, 0.5) is 18.9 Å². The Bertz CT molecular complexity index is 1040. The van der Waals surface area contributed by atoms with Gasteiger partial charge in [0.05, 0.1) is 12.1 Å². The lowest BCUT2D eigenvalue weighted by Crippen LogP contribution is -2.28. The largest absolute Gasteiger partial charge is 0.456 e. The number of pyridine rings is 1. The predicted molar refractivity (Wildman–Crippen MR) is 110 cm³/mol. The van der Waals surface area contributed by atoms with Crippen molar-refractivity contribution in [1.82, 2.24) is 10.3 Å². The molecule has 5 nitrogen and oxygen atoms in total. The van der Waals surface area contributed by atoms with Gasteiger partial charge in [0.2, 0.25) is 5.91 Å². The van der Waals surface area contributed by atoms with E-state index >= 15 is 0 Å². The van der Waals surface area contributed by atoms with E-state index in [2.05, 4.69) is 15.6 Å². The van der Waals surface area contributed by atoms with Gasteiger partial charge in [-0.1, -0.05) is 36.4 Å². The number of ether oxygens (including phenoxy) is 1. The first kappa shape index (κ1) is 20.9. The number of anilines is 1. The number of carbonyl (C=O) groups excluding carboxylic acids is 1. The van der Waals surface area contributed by atoms with E-state index in [0.717, 1.165) is 24.4 Å². The van der Waals surface area contributed by atoms with Crippen molar-refractivity contribution >= 4 is 11.6 Å². The summed E-state index contributed by atoms with van der Waals surface area (Å²) in [4.78, 5) is 16.3. The second-order valence-electron chi connectivity index (χ2n) is 7.28. The number of aromatic nitrogens is 1. The van der Waals surface area contributed by atoms with Crippen molar-refractivity contribution in [3.63, 3.8) is 0 Å². The Morgan fingerprint density at radius 3 is 2.52 bits per heavy atom. The first-order valence-corrected chi connectivity index (χ1v) is 9.78. The number of hydrogen-bond donors (Lipinski definition) is 2. The molecule has 31 heavy (non-hydrogen) atoms. The minimum atomic E-state index is -4.50. The molecule has 160 valence electrons. The average Bonchev–Trinajstić information content (AvgIpc) is 3.25. The molecule has 0 unspecified atom stereocenters. The van der Waals surface area contributed by atoms with Crippen LogP contribution in [0, 0.1) is 5.92 Å². The molecular formula is C23H20F3N3O2. The third-order valence-corrected chi connectivity index (χ3v) is 5.14. The van der Waals surface area contributed by atoms with Crippen molar-refractivity contribution in [3.05, 3.63) is 84.2 Å². The summed E-state index contributed by atoms with van der Waals surface area (Å²) in [6, 6.07) is 18.7. The zero-order valence-corrected chi connectivity index (χ0v) is 16.4. The van der Waals surface area contributed by atoms with E-state index in [9.17, 15) is 18.0 Å². The Morgan fingerprint density at radius 1 is 1.00 bits per heavy atom. The number of halogens is 3. The van der Waals surface area contributed by atoms with Gasteiger partial charge in [0.25, 0.3) is 0 Å². The number of benzene rings is 2. The van der Waals surface area contributed by atoms with E-state index in [1.807, 2.05) is 30.3 Å². The van der Waals surface area contributed by atoms with Crippen LogP contribution in [-0.2, 0) is 11.0 Å². The Hall–Kier alpha value is -3.39. The van der Waals surface area contributed by atoms with Gasteiger partial charge in [-0.05, 0) is 29.8 Å². The van der Waals surface area contributed by atoms with Gasteiger partial charge in [0, 0.05) is 30.8 Å². The van der Waals surface area contributed by atoms with Gasteiger partial charge >= 0.3 is 6.18 Å². The Balaban J connectivity index is 1.43. The van der Waals surface area contributed by atoms with Crippen molar-refractivity contribution in [2.75, 3.05) is 18.4 Å². The van der Waals surface area contributed by atoms with Crippen molar-refractivity contribution in [2.24, 2.45) is 5.92 Å². The first-order valence-electron chi connectivity index (χ1n) is 9.78. The monoisotopic (exact) mass is 427 g/mol. The number of hydrogen-bond acceptors (Lipinski definition) is 4. The summed E-state index contributed by atoms with van der Waals surface area (Å²) in [5.74, 6) is 0.307. The van der Waals surface area contributed by atoms with Crippen LogP contribution < -0.4 is 15.4 Å². The topological polar surface area (TPSA) is 63.2 Å². The summed E-state index contributed by atoms with van der Waals surface area (Å²) in [5, 5.41) is 6.19. The standard InChI is InChI=1S/C23H20F3N3O2/c24-23(25,26)21-10-9-18(12-28-21)31-17-8-4-7-16(11-17)29-22(30)20-14-27-13-19(20)15-5-2-1-3-6-15/h1-12,19-20,27H,13-14H2,(H,29,30)/t19-,20+/m0/s1. The first-order chi connectivity index (χ1) is 14.9. The van der Waals surface area contributed by atoms with E-state index in [1.165, 1.54) is 6.07 Å². The maximum absolute atomic E-state index is 12.9. The van der Waals surface area contributed by atoms with E-state index in [-0.39, 0.29) is 23.5 Å². The molecule has 0 radical (unpaired) electrons. The smallest absolute Gasteiger partial charge is 0.433 e. The number of carbonyl (C=O) groups is 1. The average molecular weight is 427 g/mol. The van der Waals surface area contributed by atoms with Gasteiger partial charge in [-0.25, -0.2) is 4.98 Å². The molecule has 2 atom stereocenters. The van der Waals surface area contributed by atoms with Crippen LogP contribution in [0.15, 0.2) is 72.9 Å².